The number of carbonyl (C=O) groups is 1. The van der Waals surface area contributed by atoms with Gasteiger partial charge in [0.1, 0.15) is 5.69 Å². The van der Waals surface area contributed by atoms with E-state index in [0.717, 1.165) is 0 Å². The van der Waals surface area contributed by atoms with E-state index in [4.69, 9.17) is 17.3 Å². The van der Waals surface area contributed by atoms with E-state index < -0.39 is 46.8 Å². The van der Waals surface area contributed by atoms with Gasteiger partial charge in [-0.3, -0.25) is 9.78 Å². The number of alkyl halides is 5. The van der Waals surface area contributed by atoms with Gasteiger partial charge in [0.2, 0.25) is 0 Å². The summed E-state index contributed by atoms with van der Waals surface area (Å²) in [5.74, 6) is 0. The van der Waals surface area contributed by atoms with E-state index in [2.05, 4.69) is 4.98 Å². The second kappa shape index (κ2) is 5.15. The topological polar surface area (TPSA) is 56.0 Å². The van der Waals surface area contributed by atoms with Gasteiger partial charge in [-0.2, -0.15) is 13.2 Å². The molecule has 0 amide bonds. The standard InChI is InChI=1S/C9H6ClF5N2O/c10-7(18)6-3(1-16)5(9(13,14)15)4(2-17-6)8(11)12/h2,8H,1,16H2. The van der Waals surface area contributed by atoms with Gasteiger partial charge in [0.05, 0.1) is 5.56 Å². The zero-order valence-corrected chi connectivity index (χ0v) is 9.32. The maximum absolute atomic E-state index is 12.7. The third-order valence-electron chi connectivity index (χ3n) is 2.12. The van der Waals surface area contributed by atoms with Crippen molar-refractivity contribution in [2.75, 3.05) is 0 Å². The van der Waals surface area contributed by atoms with Crippen molar-refractivity contribution in [2.45, 2.75) is 19.1 Å². The lowest BCUT2D eigenvalue weighted by atomic mass is 10.0. The molecule has 0 unspecified atom stereocenters. The number of hydrogen-bond acceptors (Lipinski definition) is 3. The number of carbonyl (C=O) groups excluding carboxylic acids is 1. The number of nitrogens with zero attached hydrogens (tertiary/aromatic N) is 1. The van der Waals surface area contributed by atoms with Gasteiger partial charge in [0, 0.05) is 23.9 Å². The van der Waals surface area contributed by atoms with Crippen molar-refractivity contribution in [3.8, 4) is 0 Å². The lowest BCUT2D eigenvalue weighted by molar-refractivity contribution is -0.140. The molecule has 0 spiro atoms. The van der Waals surface area contributed by atoms with Crippen LogP contribution >= 0.6 is 11.6 Å². The van der Waals surface area contributed by atoms with E-state index >= 15 is 0 Å². The largest absolute Gasteiger partial charge is 0.417 e. The highest BCUT2D eigenvalue weighted by Gasteiger charge is 2.40. The van der Waals surface area contributed by atoms with Gasteiger partial charge in [-0.25, -0.2) is 8.78 Å². The van der Waals surface area contributed by atoms with Crippen molar-refractivity contribution in [2.24, 2.45) is 5.73 Å². The molecule has 0 radical (unpaired) electrons. The van der Waals surface area contributed by atoms with Crippen LogP contribution < -0.4 is 5.73 Å². The van der Waals surface area contributed by atoms with Crippen LogP contribution in [0.2, 0.25) is 0 Å². The zero-order chi connectivity index (χ0) is 14.1. The summed E-state index contributed by atoms with van der Waals surface area (Å²) >= 11 is 5.03. The molecule has 0 aromatic carbocycles. The third kappa shape index (κ3) is 2.75. The molecule has 2 N–H and O–H groups in total. The first kappa shape index (κ1) is 14.8. The third-order valence-corrected chi connectivity index (χ3v) is 2.30. The van der Waals surface area contributed by atoms with Gasteiger partial charge in [-0.15, -0.1) is 0 Å². The molecule has 0 saturated carbocycles. The summed E-state index contributed by atoms with van der Waals surface area (Å²) < 4.78 is 63.2. The Kier molecular flexibility index (Phi) is 4.23. The monoisotopic (exact) mass is 288 g/mol. The van der Waals surface area contributed by atoms with Gasteiger partial charge < -0.3 is 5.73 Å². The first-order chi connectivity index (χ1) is 8.20. The summed E-state index contributed by atoms with van der Waals surface area (Å²) in [6.07, 6.45) is -8.19. The van der Waals surface area contributed by atoms with Gasteiger partial charge in [-0.05, 0) is 11.6 Å². The van der Waals surface area contributed by atoms with Crippen LogP contribution in [0.1, 0.15) is 33.6 Å². The Balaban J connectivity index is 3.67. The summed E-state index contributed by atoms with van der Waals surface area (Å²) in [5.41, 5.74) is 0.476. The predicted molar refractivity (Wildman–Crippen MR) is 52.3 cm³/mol. The second-order valence-electron chi connectivity index (χ2n) is 3.19. The highest BCUT2D eigenvalue weighted by molar-refractivity contribution is 6.67. The fraction of sp³-hybridized carbons (Fsp3) is 0.333. The van der Waals surface area contributed by atoms with Crippen molar-refractivity contribution < 1.29 is 26.7 Å². The Bertz CT molecular complexity index is 475. The number of pyridine rings is 1. The smallest absolute Gasteiger partial charge is 0.326 e. The molecule has 0 saturated heterocycles. The Hall–Kier alpha value is -1.28. The summed E-state index contributed by atoms with van der Waals surface area (Å²) in [5, 5.41) is -1.29. The fourth-order valence-electron chi connectivity index (χ4n) is 1.44. The fourth-order valence-corrected chi connectivity index (χ4v) is 1.60. The minimum absolute atomic E-state index is 0.280. The van der Waals surface area contributed by atoms with Crippen molar-refractivity contribution in [1.29, 1.82) is 0 Å². The van der Waals surface area contributed by atoms with Gasteiger partial charge in [-0.1, -0.05) is 0 Å². The maximum atomic E-state index is 12.7. The Labute approximate surface area is 103 Å². The number of nitrogens with two attached hydrogens (primary N) is 1. The molecule has 0 bridgehead atoms. The van der Waals surface area contributed by atoms with Crippen LogP contribution in [0, 0.1) is 0 Å². The minimum Gasteiger partial charge on any atom is -0.326 e. The highest BCUT2D eigenvalue weighted by Crippen LogP contribution is 2.39. The van der Waals surface area contributed by atoms with E-state index in [1.54, 1.807) is 0 Å². The predicted octanol–water partition coefficient (Wildman–Crippen LogP) is 2.88. The van der Waals surface area contributed by atoms with Crippen molar-refractivity contribution in [1.82, 2.24) is 4.98 Å². The Morgan fingerprint density at radius 1 is 1.44 bits per heavy atom. The molecule has 1 rings (SSSR count). The van der Waals surface area contributed by atoms with Crippen molar-refractivity contribution in [3.63, 3.8) is 0 Å². The summed E-state index contributed by atoms with van der Waals surface area (Å²) in [6, 6.07) is 0. The number of rotatable bonds is 3. The molecule has 0 atom stereocenters. The maximum Gasteiger partial charge on any atom is 0.417 e. The lowest BCUT2D eigenvalue weighted by Gasteiger charge is -2.17. The lowest BCUT2D eigenvalue weighted by Crippen LogP contribution is -2.19. The van der Waals surface area contributed by atoms with Crippen LogP contribution in [0.5, 0.6) is 0 Å². The van der Waals surface area contributed by atoms with Crippen LogP contribution in [0.3, 0.4) is 0 Å². The van der Waals surface area contributed by atoms with E-state index in [0.29, 0.717) is 0 Å². The first-order valence-corrected chi connectivity index (χ1v) is 4.85. The zero-order valence-electron chi connectivity index (χ0n) is 8.56. The number of halogens is 6. The minimum atomic E-state index is -5.08. The summed E-state index contributed by atoms with van der Waals surface area (Å²) in [4.78, 5) is 14.1. The molecule has 1 aromatic rings. The Morgan fingerprint density at radius 2 is 2.00 bits per heavy atom. The molecular weight excluding hydrogens is 283 g/mol. The molecule has 0 aliphatic heterocycles. The molecular formula is C9H6ClF5N2O. The molecule has 0 aliphatic carbocycles. The average Bonchev–Trinajstić information content (AvgIpc) is 2.25. The van der Waals surface area contributed by atoms with Crippen molar-refractivity contribution >= 4 is 16.8 Å². The highest BCUT2D eigenvalue weighted by atomic mass is 35.5. The van der Waals surface area contributed by atoms with Crippen LogP contribution in [-0.4, -0.2) is 10.2 Å². The molecule has 0 aliphatic rings. The summed E-state index contributed by atoms with van der Waals surface area (Å²) in [6.45, 7) is -0.782. The average molecular weight is 289 g/mol. The van der Waals surface area contributed by atoms with Crippen LogP contribution in [0.15, 0.2) is 6.20 Å². The second-order valence-corrected chi connectivity index (χ2v) is 3.54. The van der Waals surface area contributed by atoms with E-state index in [1.165, 1.54) is 0 Å². The van der Waals surface area contributed by atoms with Crippen LogP contribution in [-0.2, 0) is 12.7 Å². The van der Waals surface area contributed by atoms with Gasteiger partial charge >= 0.3 is 6.18 Å². The molecule has 1 heterocycles. The van der Waals surface area contributed by atoms with E-state index in [9.17, 15) is 26.7 Å². The van der Waals surface area contributed by atoms with Gasteiger partial charge in [0.25, 0.3) is 11.7 Å². The normalized spacial score (nSPS) is 12.0. The molecule has 3 nitrogen and oxygen atoms in total. The van der Waals surface area contributed by atoms with Crippen LogP contribution in [0.25, 0.3) is 0 Å². The van der Waals surface area contributed by atoms with Gasteiger partial charge in [0.15, 0.2) is 0 Å². The van der Waals surface area contributed by atoms with Crippen molar-refractivity contribution in [3.05, 3.63) is 28.6 Å². The first-order valence-electron chi connectivity index (χ1n) is 4.47. The molecule has 9 heteroatoms. The quantitative estimate of drug-likeness (QED) is 0.687. The summed E-state index contributed by atoms with van der Waals surface area (Å²) in [7, 11) is 0. The molecule has 18 heavy (non-hydrogen) atoms. The SMILES string of the molecule is NCc1c(C(=O)Cl)ncc(C(F)F)c1C(F)(F)F. The molecule has 1 aromatic heterocycles. The Morgan fingerprint density at radius 3 is 2.33 bits per heavy atom. The molecule has 0 fully saturated rings. The number of hydrogen-bond donors (Lipinski definition) is 1. The van der Waals surface area contributed by atoms with Crippen LogP contribution in [0.4, 0.5) is 22.0 Å². The molecule has 100 valence electrons. The number of aromatic nitrogens is 1. The van der Waals surface area contributed by atoms with E-state index in [-0.39, 0.29) is 6.20 Å². The van der Waals surface area contributed by atoms with E-state index in [1.807, 2.05) is 0 Å².